The SMILES string of the molecule is Cn1ncc2cc(N)c(N3CCC(O[Si](C)(C)C(C)(C)C)C3)nc21. The van der Waals surface area contributed by atoms with Crippen LogP contribution in [0, 0.1) is 0 Å². The van der Waals surface area contributed by atoms with Crippen molar-refractivity contribution in [1.29, 1.82) is 0 Å². The van der Waals surface area contributed by atoms with Gasteiger partial charge in [0.15, 0.2) is 19.8 Å². The van der Waals surface area contributed by atoms with Crippen LogP contribution in [-0.2, 0) is 11.5 Å². The van der Waals surface area contributed by atoms with Gasteiger partial charge in [0.25, 0.3) is 0 Å². The minimum Gasteiger partial charge on any atom is -0.412 e. The quantitative estimate of drug-likeness (QED) is 0.864. The van der Waals surface area contributed by atoms with Gasteiger partial charge in [-0.05, 0) is 30.6 Å². The number of nitrogen functional groups attached to an aromatic ring is 1. The van der Waals surface area contributed by atoms with Crippen LogP contribution in [0.5, 0.6) is 0 Å². The lowest BCUT2D eigenvalue weighted by molar-refractivity contribution is 0.202. The number of fused-ring (bicyclic) bond motifs is 1. The molecule has 0 aliphatic carbocycles. The summed E-state index contributed by atoms with van der Waals surface area (Å²) in [6.07, 6.45) is 3.08. The molecule has 6 nitrogen and oxygen atoms in total. The summed E-state index contributed by atoms with van der Waals surface area (Å²) in [6.45, 7) is 13.2. The highest BCUT2D eigenvalue weighted by Gasteiger charge is 2.40. The van der Waals surface area contributed by atoms with Gasteiger partial charge in [-0.1, -0.05) is 20.8 Å². The first-order valence-electron chi connectivity index (χ1n) is 8.59. The molecule has 3 rings (SSSR count). The number of rotatable bonds is 3. The van der Waals surface area contributed by atoms with Gasteiger partial charge >= 0.3 is 0 Å². The number of nitrogens with two attached hydrogens (primary N) is 1. The standard InChI is InChI=1S/C17H29N5OSi/c1-17(2,3)24(5,6)23-13-7-8-22(11-13)16-14(18)9-12-10-19-21(4)15(12)20-16/h9-10,13H,7-8,11,18H2,1-6H3. The van der Waals surface area contributed by atoms with Gasteiger partial charge in [-0.25, -0.2) is 4.98 Å². The van der Waals surface area contributed by atoms with Crippen molar-refractivity contribution in [2.45, 2.75) is 51.4 Å². The second kappa shape index (κ2) is 5.74. The smallest absolute Gasteiger partial charge is 0.192 e. The Hall–Kier alpha value is -1.60. The molecule has 2 aromatic rings. The number of hydrogen-bond donors (Lipinski definition) is 1. The van der Waals surface area contributed by atoms with E-state index in [1.807, 2.05) is 13.1 Å². The fraction of sp³-hybridized carbons (Fsp3) is 0.647. The van der Waals surface area contributed by atoms with Gasteiger partial charge in [0.05, 0.1) is 18.0 Å². The van der Waals surface area contributed by atoms with Crippen molar-refractivity contribution in [1.82, 2.24) is 14.8 Å². The summed E-state index contributed by atoms with van der Waals surface area (Å²) in [4.78, 5) is 7.00. The Kier molecular flexibility index (Phi) is 4.12. The Bertz CT molecular complexity index is 749. The third-order valence-electron chi connectivity index (χ3n) is 5.43. The zero-order valence-corrected chi connectivity index (χ0v) is 16.6. The summed E-state index contributed by atoms with van der Waals surface area (Å²) >= 11 is 0. The number of aryl methyl sites for hydroxylation is 1. The molecule has 0 radical (unpaired) electrons. The van der Waals surface area contributed by atoms with E-state index in [4.69, 9.17) is 15.1 Å². The number of nitrogens with zero attached hydrogens (tertiary/aromatic N) is 4. The first-order valence-corrected chi connectivity index (χ1v) is 11.5. The van der Waals surface area contributed by atoms with Gasteiger partial charge in [0.2, 0.25) is 0 Å². The highest BCUT2D eigenvalue weighted by molar-refractivity contribution is 6.74. The molecular formula is C17H29N5OSi. The number of hydrogen-bond acceptors (Lipinski definition) is 5. The maximum absolute atomic E-state index is 6.56. The van der Waals surface area contributed by atoms with E-state index >= 15 is 0 Å². The third kappa shape index (κ3) is 3.02. The Morgan fingerprint density at radius 3 is 2.71 bits per heavy atom. The molecule has 24 heavy (non-hydrogen) atoms. The van der Waals surface area contributed by atoms with Crippen LogP contribution >= 0.6 is 0 Å². The lowest BCUT2D eigenvalue weighted by atomic mass is 10.2. The molecule has 0 spiro atoms. The molecule has 132 valence electrons. The molecule has 1 aliphatic rings. The van der Waals surface area contributed by atoms with E-state index < -0.39 is 8.32 Å². The van der Waals surface area contributed by atoms with Crippen molar-refractivity contribution >= 4 is 30.9 Å². The van der Waals surface area contributed by atoms with Crippen LogP contribution in [0.4, 0.5) is 11.5 Å². The van der Waals surface area contributed by atoms with E-state index in [-0.39, 0.29) is 11.1 Å². The molecule has 2 N–H and O–H groups in total. The lowest BCUT2D eigenvalue weighted by Crippen LogP contribution is -2.44. The van der Waals surface area contributed by atoms with Crippen LogP contribution in [0.1, 0.15) is 27.2 Å². The number of aromatic nitrogens is 3. The molecular weight excluding hydrogens is 318 g/mol. The van der Waals surface area contributed by atoms with E-state index in [0.717, 1.165) is 36.4 Å². The van der Waals surface area contributed by atoms with Crippen LogP contribution in [0.2, 0.25) is 18.1 Å². The van der Waals surface area contributed by atoms with E-state index in [9.17, 15) is 0 Å². The van der Waals surface area contributed by atoms with E-state index in [1.165, 1.54) is 0 Å². The lowest BCUT2D eigenvalue weighted by Gasteiger charge is -2.38. The summed E-state index contributed by atoms with van der Waals surface area (Å²) in [6, 6.07) is 1.96. The summed E-state index contributed by atoms with van der Waals surface area (Å²) in [5, 5.41) is 5.46. The van der Waals surface area contributed by atoms with Crippen LogP contribution in [-0.4, -0.2) is 42.3 Å². The van der Waals surface area contributed by atoms with Crippen molar-refractivity contribution in [3.8, 4) is 0 Å². The molecule has 0 saturated carbocycles. The van der Waals surface area contributed by atoms with Crippen LogP contribution in [0.15, 0.2) is 12.3 Å². The van der Waals surface area contributed by atoms with E-state index in [0.29, 0.717) is 5.69 Å². The third-order valence-corrected chi connectivity index (χ3v) is 9.96. The van der Waals surface area contributed by atoms with Gasteiger partial charge in [-0.15, -0.1) is 0 Å². The average Bonchev–Trinajstić information content (AvgIpc) is 3.04. The Labute approximate surface area is 145 Å². The maximum Gasteiger partial charge on any atom is 0.192 e. The highest BCUT2D eigenvalue weighted by atomic mass is 28.4. The average molecular weight is 348 g/mol. The van der Waals surface area contributed by atoms with E-state index in [2.05, 4.69) is 43.9 Å². The zero-order valence-electron chi connectivity index (χ0n) is 15.6. The maximum atomic E-state index is 6.56. The van der Waals surface area contributed by atoms with Crippen LogP contribution < -0.4 is 10.6 Å². The largest absolute Gasteiger partial charge is 0.412 e. The van der Waals surface area contributed by atoms with Gasteiger partial charge < -0.3 is 15.1 Å². The first kappa shape index (κ1) is 17.2. The monoisotopic (exact) mass is 347 g/mol. The van der Waals surface area contributed by atoms with Crippen LogP contribution in [0.3, 0.4) is 0 Å². The molecule has 0 amide bonds. The van der Waals surface area contributed by atoms with Crippen molar-refractivity contribution in [2.24, 2.45) is 7.05 Å². The second-order valence-corrected chi connectivity index (χ2v) is 13.1. The van der Waals surface area contributed by atoms with Crippen molar-refractivity contribution in [2.75, 3.05) is 23.7 Å². The molecule has 1 fully saturated rings. The molecule has 0 bridgehead atoms. The summed E-state index contributed by atoms with van der Waals surface area (Å²) in [7, 11) is 0.157. The Morgan fingerprint density at radius 1 is 1.33 bits per heavy atom. The molecule has 1 unspecified atom stereocenters. The van der Waals surface area contributed by atoms with Crippen molar-refractivity contribution < 1.29 is 4.43 Å². The number of pyridine rings is 1. The molecule has 1 atom stereocenters. The zero-order chi connectivity index (χ0) is 17.7. The molecule has 3 heterocycles. The topological polar surface area (TPSA) is 69.2 Å². The molecule has 1 saturated heterocycles. The minimum absolute atomic E-state index is 0.227. The Morgan fingerprint density at radius 2 is 2.04 bits per heavy atom. The minimum atomic E-state index is -1.75. The fourth-order valence-electron chi connectivity index (χ4n) is 2.95. The molecule has 1 aliphatic heterocycles. The fourth-order valence-corrected chi connectivity index (χ4v) is 4.33. The summed E-state index contributed by atoms with van der Waals surface area (Å²) in [5.74, 6) is 0.854. The summed E-state index contributed by atoms with van der Waals surface area (Å²) in [5.41, 5.74) is 7.82. The first-order chi connectivity index (χ1) is 11.1. The Balaban J connectivity index is 1.79. The number of anilines is 2. The summed E-state index contributed by atoms with van der Waals surface area (Å²) < 4.78 is 8.35. The molecule has 7 heteroatoms. The van der Waals surface area contributed by atoms with Crippen LogP contribution in [0.25, 0.3) is 11.0 Å². The van der Waals surface area contributed by atoms with Crippen molar-refractivity contribution in [3.63, 3.8) is 0 Å². The van der Waals surface area contributed by atoms with Crippen molar-refractivity contribution in [3.05, 3.63) is 12.3 Å². The molecule has 2 aromatic heterocycles. The normalized spacial score (nSPS) is 19.4. The second-order valence-electron chi connectivity index (χ2n) is 8.32. The van der Waals surface area contributed by atoms with Gasteiger partial charge in [-0.3, -0.25) is 4.68 Å². The van der Waals surface area contributed by atoms with Gasteiger partial charge in [0, 0.05) is 25.5 Å². The predicted molar refractivity (Wildman–Crippen MR) is 102 cm³/mol. The van der Waals surface area contributed by atoms with E-state index in [1.54, 1.807) is 10.9 Å². The highest BCUT2D eigenvalue weighted by Crippen LogP contribution is 2.39. The van der Waals surface area contributed by atoms with Gasteiger partial charge in [0.1, 0.15) is 0 Å². The predicted octanol–water partition coefficient (Wildman–Crippen LogP) is 3.15. The van der Waals surface area contributed by atoms with Gasteiger partial charge in [-0.2, -0.15) is 5.10 Å². The molecule has 0 aromatic carbocycles.